The molecule has 1 N–H and O–H groups in total. The second kappa shape index (κ2) is 9.05. The van der Waals surface area contributed by atoms with Crippen LogP contribution in [0.3, 0.4) is 0 Å². The van der Waals surface area contributed by atoms with Gasteiger partial charge in [0, 0.05) is 5.69 Å². The molecule has 0 aliphatic rings. The predicted molar refractivity (Wildman–Crippen MR) is 104 cm³/mol. The van der Waals surface area contributed by atoms with E-state index >= 15 is 0 Å². The average Bonchev–Trinajstić information content (AvgIpc) is 2.59. The number of anilines is 1. The lowest BCUT2D eigenvalue weighted by molar-refractivity contribution is -0.112. The third-order valence-electron chi connectivity index (χ3n) is 3.25. The minimum Gasteiger partial charge on any atom is -0.476 e. The number of hydrogen-bond donors (Lipinski definition) is 1. The Morgan fingerprint density at radius 3 is 2.73 bits per heavy atom. The monoisotopic (exact) mass is 429 g/mol. The number of halogens is 2. The summed E-state index contributed by atoms with van der Waals surface area (Å²) in [4.78, 5) is 12.3. The first kappa shape index (κ1) is 19.5. The van der Waals surface area contributed by atoms with Crippen LogP contribution in [-0.4, -0.2) is 12.5 Å². The van der Waals surface area contributed by atoms with Crippen molar-refractivity contribution in [3.8, 4) is 17.9 Å². The number of nitrogens with one attached hydrogen (secondary N) is 1. The van der Waals surface area contributed by atoms with Crippen molar-refractivity contribution < 1.29 is 9.53 Å². The van der Waals surface area contributed by atoms with Crippen LogP contribution >= 0.6 is 27.5 Å². The maximum absolute atomic E-state index is 12.3. The summed E-state index contributed by atoms with van der Waals surface area (Å²) in [6, 6.07) is 14.2. The van der Waals surface area contributed by atoms with Crippen LogP contribution in [0.25, 0.3) is 6.08 Å². The number of aryl methyl sites for hydroxylation is 1. The maximum atomic E-state index is 12.3. The molecule has 0 unspecified atom stereocenters. The van der Waals surface area contributed by atoms with Crippen molar-refractivity contribution in [2.45, 2.75) is 6.92 Å². The Bertz CT molecular complexity index is 935. The third kappa shape index (κ3) is 5.10. The van der Waals surface area contributed by atoms with Gasteiger partial charge in [0.25, 0.3) is 5.91 Å². The zero-order valence-corrected chi connectivity index (χ0v) is 16.1. The van der Waals surface area contributed by atoms with E-state index in [1.54, 1.807) is 18.2 Å². The van der Waals surface area contributed by atoms with Gasteiger partial charge in [0.2, 0.25) is 0 Å². The zero-order chi connectivity index (χ0) is 19.1. The van der Waals surface area contributed by atoms with Crippen LogP contribution in [0.15, 0.2) is 46.4 Å². The average molecular weight is 431 g/mol. The van der Waals surface area contributed by atoms with E-state index < -0.39 is 5.91 Å². The van der Waals surface area contributed by atoms with E-state index in [9.17, 15) is 10.1 Å². The van der Waals surface area contributed by atoms with Gasteiger partial charge in [-0.25, -0.2) is 0 Å². The number of nitriles is 2. The van der Waals surface area contributed by atoms with E-state index in [0.29, 0.717) is 21.5 Å². The molecule has 0 saturated carbocycles. The summed E-state index contributed by atoms with van der Waals surface area (Å²) in [6.07, 6.45) is 1.43. The van der Waals surface area contributed by atoms with E-state index in [1.165, 1.54) is 6.08 Å². The summed E-state index contributed by atoms with van der Waals surface area (Å²) in [5, 5.41) is 20.9. The zero-order valence-electron chi connectivity index (χ0n) is 13.7. The molecule has 0 aromatic heterocycles. The Kier molecular flexibility index (Phi) is 6.80. The molecule has 0 atom stereocenters. The van der Waals surface area contributed by atoms with Gasteiger partial charge >= 0.3 is 0 Å². The Labute approximate surface area is 164 Å². The first-order chi connectivity index (χ1) is 12.4. The summed E-state index contributed by atoms with van der Waals surface area (Å²) >= 11 is 9.45. The first-order valence-electron chi connectivity index (χ1n) is 7.43. The van der Waals surface area contributed by atoms with Crippen LogP contribution in [0.5, 0.6) is 5.75 Å². The molecule has 2 rings (SSSR count). The highest BCUT2D eigenvalue weighted by Crippen LogP contribution is 2.35. The van der Waals surface area contributed by atoms with E-state index in [-0.39, 0.29) is 17.2 Å². The molecule has 2 aromatic rings. The Morgan fingerprint density at radius 2 is 2.12 bits per heavy atom. The van der Waals surface area contributed by atoms with Crippen LogP contribution < -0.4 is 10.1 Å². The van der Waals surface area contributed by atoms with Gasteiger partial charge in [0.05, 0.1) is 9.50 Å². The number of carbonyl (C=O) groups excluding carboxylic acids is 1. The minimum atomic E-state index is -0.518. The van der Waals surface area contributed by atoms with Crippen LogP contribution in [0.2, 0.25) is 5.02 Å². The van der Waals surface area contributed by atoms with Crippen molar-refractivity contribution in [2.75, 3.05) is 11.9 Å². The topological polar surface area (TPSA) is 85.9 Å². The van der Waals surface area contributed by atoms with Crippen LogP contribution in [0, 0.1) is 29.6 Å². The number of amides is 1. The third-order valence-corrected chi connectivity index (χ3v) is 4.12. The fraction of sp³-hybridized carbons (Fsp3) is 0.105. The molecule has 0 aliphatic heterocycles. The van der Waals surface area contributed by atoms with E-state index in [4.69, 9.17) is 21.6 Å². The number of rotatable bonds is 5. The number of hydrogen-bond acceptors (Lipinski definition) is 4. The molecule has 130 valence electrons. The smallest absolute Gasteiger partial charge is 0.266 e. The number of benzene rings is 2. The largest absolute Gasteiger partial charge is 0.476 e. The van der Waals surface area contributed by atoms with Crippen molar-refractivity contribution in [3.63, 3.8) is 0 Å². The molecule has 26 heavy (non-hydrogen) atoms. The fourth-order valence-corrected chi connectivity index (χ4v) is 3.13. The highest BCUT2D eigenvalue weighted by molar-refractivity contribution is 9.10. The van der Waals surface area contributed by atoms with Crippen molar-refractivity contribution in [2.24, 2.45) is 0 Å². The second-order valence-electron chi connectivity index (χ2n) is 5.25. The summed E-state index contributed by atoms with van der Waals surface area (Å²) in [7, 11) is 0. The summed E-state index contributed by atoms with van der Waals surface area (Å²) in [6.45, 7) is 1.77. The quantitative estimate of drug-likeness (QED) is 0.542. The molecule has 1 amide bonds. The number of nitrogens with zero attached hydrogens (tertiary/aromatic N) is 2. The van der Waals surface area contributed by atoms with Gasteiger partial charge in [0.1, 0.15) is 17.7 Å². The van der Waals surface area contributed by atoms with Gasteiger partial charge < -0.3 is 10.1 Å². The molecule has 0 heterocycles. The Balaban J connectivity index is 2.27. The molecular weight excluding hydrogens is 418 g/mol. The normalized spacial score (nSPS) is 10.6. The van der Waals surface area contributed by atoms with Gasteiger partial charge in [-0.1, -0.05) is 23.7 Å². The van der Waals surface area contributed by atoms with Crippen LogP contribution in [-0.2, 0) is 4.79 Å². The summed E-state index contributed by atoms with van der Waals surface area (Å²) in [5.74, 6) is -0.191. The Morgan fingerprint density at radius 1 is 1.35 bits per heavy atom. The summed E-state index contributed by atoms with van der Waals surface area (Å²) < 4.78 is 5.75. The summed E-state index contributed by atoms with van der Waals surface area (Å²) in [5.41, 5.74) is 2.08. The number of carbonyl (C=O) groups is 1. The number of ether oxygens (including phenoxy) is 1. The van der Waals surface area contributed by atoms with Crippen molar-refractivity contribution in [1.82, 2.24) is 0 Å². The Hall–Kier alpha value is -2.80. The molecule has 5 nitrogen and oxygen atoms in total. The van der Waals surface area contributed by atoms with Crippen molar-refractivity contribution in [1.29, 1.82) is 10.5 Å². The van der Waals surface area contributed by atoms with Crippen LogP contribution in [0.4, 0.5) is 5.69 Å². The lowest BCUT2D eigenvalue weighted by atomic mass is 10.1. The van der Waals surface area contributed by atoms with Gasteiger partial charge in [-0.3, -0.25) is 4.79 Å². The molecule has 2 aromatic carbocycles. The van der Waals surface area contributed by atoms with E-state index in [2.05, 4.69) is 21.2 Å². The highest BCUT2D eigenvalue weighted by atomic mass is 79.9. The van der Waals surface area contributed by atoms with Gasteiger partial charge in [-0.15, -0.1) is 0 Å². The molecular formula is C19H13BrClN3O2. The lowest BCUT2D eigenvalue weighted by Gasteiger charge is -2.09. The van der Waals surface area contributed by atoms with E-state index in [1.807, 2.05) is 37.3 Å². The first-order valence-corrected chi connectivity index (χ1v) is 8.60. The van der Waals surface area contributed by atoms with Crippen molar-refractivity contribution >= 4 is 45.2 Å². The van der Waals surface area contributed by atoms with Gasteiger partial charge in [-0.05, 0) is 64.3 Å². The maximum Gasteiger partial charge on any atom is 0.266 e. The predicted octanol–water partition coefficient (Wildman–Crippen LogP) is 4.86. The minimum absolute atomic E-state index is 0.0693. The molecule has 7 heteroatoms. The van der Waals surface area contributed by atoms with Gasteiger partial charge in [0.15, 0.2) is 12.4 Å². The molecule has 0 fully saturated rings. The SMILES string of the molecule is Cc1cccc(NC(=O)/C(C#N)=C\c2cc(Cl)c(OCC#N)c(Br)c2)c1. The lowest BCUT2D eigenvalue weighted by Crippen LogP contribution is -2.13. The fourth-order valence-electron chi connectivity index (χ4n) is 2.14. The van der Waals surface area contributed by atoms with Crippen LogP contribution in [0.1, 0.15) is 11.1 Å². The molecule has 0 radical (unpaired) electrons. The van der Waals surface area contributed by atoms with Crippen molar-refractivity contribution in [3.05, 3.63) is 62.6 Å². The van der Waals surface area contributed by atoms with E-state index in [0.717, 1.165) is 5.56 Å². The second-order valence-corrected chi connectivity index (χ2v) is 6.52. The molecule has 0 saturated heterocycles. The molecule has 0 bridgehead atoms. The highest BCUT2D eigenvalue weighted by Gasteiger charge is 2.13. The standard InChI is InChI=1S/C19H13BrClN3O2/c1-12-3-2-4-15(7-12)24-19(25)14(11-23)8-13-9-16(20)18(17(21)10-13)26-6-5-22/h2-4,7-10H,6H2,1H3,(H,24,25)/b14-8-. The van der Waals surface area contributed by atoms with Gasteiger partial charge in [-0.2, -0.15) is 10.5 Å². The molecule has 0 aliphatic carbocycles. The molecule has 0 spiro atoms.